The number of nitrogens with one attached hydrogen (secondary N) is 1. The molecule has 6 heteroatoms. The molecule has 0 radical (unpaired) electrons. The Labute approximate surface area is 220 Å². The number of hydrogen-bond donors (Lipinski definition) is 1. The van der Waals surface area contributed by atoms with Gasteiger partial charge in [0.05, 0.1) is 16.8 Å². The fourth-order valence-corrected chi connectivity index (χ4v) is 4.43. The Hall–Kier alpha value is -3.64. The molecular weight excluding hydrogens is 516 g/mol. The fraction of sp³-hybridized carbons (Fsp3) is 0.200. The molecule has 0 fully saturated rings. The molecule has 0 heterocycles. The third-order valence-electron chi connectivity index (χ3n) is 5.77. The summed E-state index contributed by atoms with van der Waals surface area (Å²) in [6, 6.07) is 26.3. The average molecular weight is 545 g/mol. The van der Waals surface area contributed by atoms with Crippen LogP contribution in [0, 0.1) is 5.92 Å². The molecule has 4 aromatic carbocycles. The maximum atomic E-state index is 13.4. The number of nitrogens with zero attached hydrogens (tertiary/aromatic N) is 1. The molecule has 0 bridgehead atoms. The molecule has 2 amide bonds. The Morgan fingerprint density at radius 2 is 1.61 bits per heavy atom. The van der Waals surface area contributed by atoms with E-state index in [9.17, 15) is 9.59 Å². The van der Waals surface area contributed by atoms with E-state index < -0.39 is 0 Å². The highest BCUT2D eigenvalue weighted by molar-refractivity contribution is 9.10. The van der Waals surface area contributed by atoms with E-state index in [1.165, 1.54) is 0 Å². The van der Waals surface area contributed by atoms with Crippen LogP contribution in [0.2, 0.25) is 0 Å². The lowest BCUT2D eigenvalue weighted by atomic mass is 10.1. The van der Waals surface area contributed by atoms with Crippen LogP contribution in [-0.2, 0) is 0 Å². The van der Waals surface area contributed by atoms with Gasteiger partial charge in [-0.25, -0.2) is 0 Å². The van der Waals surface area contributed by atoms with E-state index in [0.29, 0.717) is 41.6 Å². The van der Waals surface area contributed by atoms with Gasteiger partial charge in [0.15, 0.2) is 0 Å². The van der Waals surface area contributed by atoms with Crippen LogP contribution in [0.25, 0.3) is 10.8 Å². The minimum Gasteiger partial charge on any atom is -0.492 e. The van der Waals surface area contributed by atoms with E-state index in [2.05, 4.69) is 35.1 Å². The van der Waals surface area contributed by atoms with Crippen molar-refractivity contribution in [1.82, 2.24) is 0 Å². The monoisotopic (exact) mass is 544 g/mol. The first-order chi connectivity index (χ1) is 17.4. The summed E-state index contributed by atoms with van der Waals surface area (Å²) in [7, 11) is 0. The molecule has 4 rings (SSSR count). The van der Waals surface area contributed by atoms with Crippen molar-refractivity contribution in [2.75, 3.05) is 23.4 Å². The summed E-state index contributed by atoms with van der Waals surface area (Å²) in [6.07, 6.45) is 0. The van der Waals surface area contributed by atoms with E-state index in [0.717, 1.165) is 20.9 Å². The normalized spacial score (nSPS) is 10.9. The summed E-state index contributed by atoms with van der Waals surface area (Å²) in [6.45, 7) is 7.27. The van der Waals surface area contributed by atoms with Crippen molar-refractivity contribution < 1.29 is 14.3 Å². The number of benzene rings is 4. The lowest BCUT2D eigenvalue weighted by Gasteiger charge is -2.23. The highest BCUT2D eigenvalue weighted by Crippen LogP contribution is 2.29. The number of carbonyl (C=O) groups is 2. The van der Waals surface area contributed by atoms with E-state index in [1.54, 1.807) is 47.4 Å². The predicted molar refractivity (Wildman–Crippen MR) is 150 cm³/mol. The van der Waals surface area contributed by atoms with Crippen LogP contribution < -0.4 is 15.0 Å². The lowest BCUT2D eigenvalue weighted by molar-refractivity contribution is 0.0987. The summed E-state index contributed by atoms with van der Waals surface area (Å²) in [5, 5.41) is 5.02. The summed E-state index contributed by atoms with van der Waals surface area (Å²) in [4.78, 5) is 27.9. The molecule has 0 aromatic heterocycles. The number of fused-ring (bicyclic) bond motifs is 1. The van der Waals surface area contributed by atoms with Gasteiger partial charge < -0.3 is 15.0 Å². The molecule has 0 saturated heterocycles. The zero-order chi connectivity index (χ0) is 25.7. The Morgan fingerprint density at radius 1 is 0.917 bits per heavy atom. The standard InChI is InChI=1S/C30H29BrN2O3/c1-4-33(27-11-7-9-21-8-5-6-10-25(21)27)30(35)22-12-15-24(16-13-22)32-29(34)23-14-17-28(26(31)18-23)36-19-20(2)3/h5-18,20H,4,19H2,1-3H3,(H,32,34). The molecule has 5 nitrogen and oxygen atoms in total. The van der Waals surface area contributed by atoms with Crippen LogP contribution in [0.3, 0.4) is 0 Å². The maximum Gasteiger partial charge on any atom is 0.258 e. The number of hydrogen-bond acceptors (Lipinski definition) is 3. The number of rotatable bonds is 8. The van der Waals surface area contributed by atoms with E-state index in [1.807, 2.05) is 49.4 Å². The molecule has 184 valence electrons. The minimum atomic E-state index is -0.240. The van der Waals surface area contributed by atoms with Crippen molar-refractivity contribution in [1.29, 1.82) is 0 Å². The summed E-state index contributed by atoms with van der Waals surface area (Å²) in [5.74, 6) is 0.782. The van der Waals surface area contributed by atoms with E-state index in [-0.39, 0.29) is 11.8 Å². The number of amides is 2. The maximum absolute atomic E-state index is 13.4. The first-order valence-electron chi connectivity index (χ1n) is 12.0. The highest BCUT2D eigenvalue weighted by Gasteiger charge is 2.18. The van der Waals surface area contributed by atoms with Crippen molar-refractivity contribution in [3.05, 3.63) is 101 Å². The Bertz CT molecular complexity index is 1380. The summed E-state index contributed by atoms with van der Waals surface area (Å²) < 4.78 is 6.48. The first kappa shape index (κ1) is 25.5. The van der Waals surface area contributed by atoms with Crippen LogP contribution in [0.4, 0.5) is 11.4 Å². The van der Waals surface area contributed by atoms with Crippen LogP contribution in [-0.4, -0.2) is 25.0 Å². The third-order valence-corrected chi connectivity index (χ3v) is 6.39. The van der Waals surface area contributed by atoms with Gasteiger partial charge in [-0.3, -0.25) is 9.59 Å². The Morgan fingerprint density at radius 3 is 2.31 bits per heavy atom. The Balaban J connectivity index is 1.47. The van der Waals surface area contributed by atoms with Gasteiger partial charge in [0.2, 0.25) is 0 Å². The van der Waals surface area contributed by atoms with Crippen LogP contribution in [0.5, 0.6) is 5.75 Å². The average Bonchev–Trinajstić information content (AvgIpc) is 2.88. The van der Waals surface area contributed by atoms with E-state index in [4.69, 9.17) is 4.74 Å². The molecule has 0 aliphatic rings. The SMILES string of the molecule is CCN(C(=O)c1ccc(NC(=O)c2ccc(OCC(C)C)c(Br)c2)cc1)c1cccc2ccccc12. The van der Waals surface area contributed by atoms with Crippen LogP contribution >= 0.6 is 15.9 Å². The molecule has 0 spiro atoms. The molecule has 1 N–H and O–H groups in total. The van der Waals surface area contributed by atoms with Gasteiger partial charge in [0, 0.05) is 28.7 Å². The minimum absolute atomic E-state index is 0.0901. The Kier molecular flexibility index (Phi) is 8.06. The zero-order valence-electron chi connectivity index (χ0n) is 20.6. The fourth-order valence-electron chi connectivity index (χ4n) is 3.94. The van der Waals surface area contributed by atoms with E-state index >= 15 is 0 Å². The van der Waals surface area contributed by atoms with Gasteiger partial charge in [-0.1, -0.05) is 50.2 Å². The van der Waals surface area contributed by atoms with Crippen molar-refractivity contribution in [3.63, 3.8) is 0 Å². The van der Waals surface area contributed by atoms with Crippen molar-refractivity contribution in [3.8, 4) is 5.75 Å². The second-order valence-electron chi connectivity index (χ2n) is 8.93. The summed E-state index contributed by atoms with van der Waals surface area (Å²) in [5.41, 5.74) is 2.55. The van der Waals surface area contributed by atoms with Crippen molar-refractivity contribution in [2.45, 2.75) is 20.8 Å². The number of anilines is 2. The quantitative estimate of drug-likeness (QED) is 0.249. The smallest absolute Gasteiger partial charge is 0.258 e. The number of carbonyl (C=O) groups excluding carboxylic acids is 2. The molecule has 4 aromatic rings. The van der Waals surface area contributed by atoms with Gasteiger partial charge in [-0.05, 0) is 82.7 Å². The zero-order valence-corrected chi connectivity index (χ0v) is 22.2. The van der Waals surface area contributed by atoms with Crippen molar-refractivity contribution >= 4 is 49.9 Å². The molecule has 0 atom stereocenters. The van der Waals surface area contributed by atoms with Gasteiger partial charge in [0.1, 0.15) is 5.75 Å². The highest BCUT2D eigenvalue weighted by atomic mass is 79.9. The number of ether oxygens (including phenoxy) is 1. The molecule has 0 unspecified atom stereocenters. The predicted octanol–water partition coefficient (Wildman–Crippen LogP) is 7.56. The summed E-state index contributed by atoms with van der Waals surface area (Å²) >= 11 is 3.48. The second kappa shape index (κ2) is 11.4. The van der Waals surface area contributed by atoms with Crippen LogP contribution in [0.15, 0.2) is 89.4 Å². The first-order valence-corrected chi connectivity index (χ1v) is 12.8. The van der Waals surface area contributed by atoms with Crippen LogP contribution in [0.1, 0.15) is 41.5 Å². The number of halogens is 1. The lowest BCUT2D eigenvalue weighted by Crippen LogP contribution is -2.30. The molecule has 0 saturated carbocycles. The van der Waals surface area contributed by atoms with Gasteiger partial charge in [-0.2, -0.15) is 0 Å². The largest absolute Gasteiger partial charge is 0.492 e. The van der Waals surface area contributed by atoms with Crippen molar-refractivity contribution in [2.24, 2.45) is 5.92 Å². The molecular formula is C30H29BrN2O3. The molecule has 36 heavy (non-hydrogen) atoms. The van der Waals surface area contributed by atoms with Gasteiger partial charge in [0.25, 0.3) is 11.8 Å². The van der Waals surface area contributed by atoms with Gasteiger partial charge >= 0.3 is 0 Å². The molecule has 0 aliphatic heterocycles. The molecule has 0 aliphatic carbocycles. The van der Waals surface area contributed by atoms with Gasteiger partial charge in [-0.15, -0.1) is 0 Å². The third kappa shape index (κ3) is 5.77. The second-order valence-corrected chi connectivity index (χ2v) is 9.78. The topological polar surface area (TPSA) is 58.6 Å².